The van der Waals surface area contributed by atoms with Gasteiger partial charge in [0.2, 0.25) is 0 Å². The molecule has 0 radical (unpaired) electrons. The maximum atomic E-state index is 5.24. The lowest BCUT2D eigenvalue weighted by atomic mass is 10.1. The molecule has 1 aromatic heterocycles. The first-order valence-electron chi connectivity index (χ1n) is 5.77. The van der Waals surface area contributed by atoms with Crippen molar-refractivity contribution in [2.75, 3.05) is 14.2 Å². The molecule has 0 aliphatic carbocycles. The van der Waals surface area contributed by atoms with Crippen LogP contribution in [0.1, 0.15) is 16.5 Å². The normalized spacial score (nSPS) is 12.4. The van der Waals surface area contributed by atoms with Crippen molar-refractivity contribution < 1.29 is 4.74 Å². The summed E-state index contributed by atoms with van der Waals surface area (Å²) >= 11 is 4.07. The Morgan fingerprint density at radius 1 is 1.33 bits per heavy atom. The van der Waals surface area contributed by atoms with Gasteiger partial charge in [0.1, 0.15) is 5.75 Å². The van der Waals surface area contributed by atoms with Gasteiger partial charge in [-0.25, -0.2) is 0 Å². The Hall–Kier alpha value is -0.590. The van der Waals surface area contributed by atoms with Crippen LogP contribution in [0.4, 0.5) is 0 Å². The molecular weight excluding hydrogens is 357 g/mol. The second-order valence-electron chi connectivity index (χ2n) is 4.06. The molecule has 96 valence electrons. The quantitative estimate of drug-likeness (QED) is 0.804. The minimum absolute atomic E-state index is 0.346. The highest BCUT2D eigenvalue weighted by atomic mass is 127. The predicted molar refractivity (Wildman–Crippen MR) is 85.5 cm³/mol. The van der Waals surface area contributed by atoms with Crippen LogP contribution in [-0.4, -0.2) is 14.2 Å². The molecule has 18 heavy (non-hydrogen) atoms. The van der Waals surface area contributed by atoms with Gasteiger partial charge in [0.05, 0.1) is 7.11 Å². The summed E-state index contributed by atoms with van der Waals surface area (Å²) in [6, 6.07) is 11.1. The number of hydrogen-bond donors (Lipinski definition) is 1. The number of ether oxygens (including phenoxy) is 1. The zero-order valence-electron chi connectivity index (χ0n) is 10.4. The van der Waals surface area contributed by atoms with Crippen LogP contribution in [0.5, 0.6) is 5.75 Å². The van der Waals surface area contributed by atoms with Crippen molar-refractivity contribution in [1.82, 2.24) is 5.32 Å². The fraction of sp³-hybridized carbons (Fsp3) is 0.286. The zero-order valence-corrected chi connectivity index (χ0v) is 13.4. The maximum absolute atomic E-state index is 5.24. The van der Waals surface area contributed by atoms with Crippen LogP contribution in [0.2, 0.25) is 0 Å². The SMILES string of the molecule is CNC(Cc1ccc(I)cc1)c1cc(OC)cs1. The lowest BCUT2D eigenvalue weighted by molar-refractivity contribution is 0.416. The van der Waals surface area contributed by atoms with Crippen LogP contribution in [0.3, 0.4) is 0 Å². The van der Waals surface area contributed by atoms with Gasteiger partial charge in [-0.2, -0.15) is 0 Å². The van der Waals surface area contributed by atoms with E-state index in [1.807, 2.05) is 12.4 Å². The maximum Gasteiger partial charge on any atom is 0.129 e. The monoisotopic (exact) mass is 373 g/mol. The lowest BCUT2D eigenvalue weighted by Gasteiger charge is -2.14. The first-order chi connectivity index (χ1) is 8.72. The molecule has 0 aliphatic rings. The number of likely N-dealkylation sites (N-methyl/N-ethyl adjacent to an activating group) is 1. The molecule has 1 aromatic carbocycles. The van der Waals surface area contributed by atoms with Crippen molar-refractivity contribution in [3.05, 3.63) is 49.7 Å². The average Bonchev–Trinajstić information content (AvgIpc) is 2.87. The van der Waals surface area contributed by atoms with Crippen LogP contribution in [0, 0.1) is 3.57 Å². The van der Waals surface area contributed by atoms with E-state index in [1.165, 1.54) is 14.0 Å². The minimum atomic E-state index is 0.346. The van der Waals surface area contributed by atoms with Gasteiger partial charge in [-0.15, -0.1) is 11.3 Å². The summed E-state index contributed by atoms with van der Waals surface area (Å²) in [5.41, 5.74) is 1.35. The fourth-order valence-electron chi connectivity index (χ4n) is 1.83. The Morgan fingerprint density at radius 2 is 2.06 bits per heavy atom. The molecule has 0 spiro atoms. The predicted octanol–water partition coefficient (Wildman–Crippen LogP) is 3.86. The highest BCUT2D eigenvalue weighted by Crippen LogP contribution is 2.28. The van der Waals surface area contributed by atoms with Crippen LogP contribution >= 0.6 is 33.9 Å². The van der Waals surface area contributed by atoms with E-state index in [0.29, 0.717) is 6.04 Å². The van der Waals surface area contributed by atoms with Crippen molar-refractivity contribution in [3.63, 3.8) is 0 Å². The summed E-state index contributed by atoms with van der Waals surface area (Å²) in [4.78, 5) is 1.31. The first kappa shape index (κ1) is 13.8. The van der Waals surface area contributed by atoms with Gasteiger partial charge in [-0.05, 0) is 59.8 Å². The largest absolute Gasteiger partial charge is 0.496 e. The third-order valence-corrected chi connectivity index (χ3v) is 4.62. The van der Waals surface area contributed by atoms with Crippen molar-refractivity contribution in [1.29, 1.82) is 0 Å². The van der Waals surface area contributed by atoms with E-state index >= 15 is 0 Å². The molecule has 0 amide bonds. The van der Waals surface area contributed by atoms with Crippen molar-refractivity contribution >= 4 is 33.9 Å². The van der Waals surface area contributed by atoms with Gasteiger partial charge < -0.3 is 10.1 Å². The smallest absolute Gasteiger partial charge is 0.129 e. The molecule has 4 heteroatoms. The zero-order chi connectivity index (χ0) is 13.0. The minimum Gasteiger partial charge on any atom is -0.496 e. The van der Waals surface area contributed by atoms with Gasteiger partial charge in [-0.1, -0.05) is 12.1 Å². The molecule has 1 N–H and O–H groups in total. The van der Waals surface area contributed by atoms with Crippen LogP contribution < -0.4 is 10.1 Å². The Kier molecular flexibility index (Phi) is 5.03. The Bertz CT molecular complexity index is 495. The highest BCUT2D eigenvalue weighted by molar-refractivity contribution is 14.1. The molecule has 2 nitrogen and oxygen atoms in total. The summed E-state index contributed by atoms with van der Waals surface area (Å²) in [5.74, 6) is 0.942. The Labute approximate surface area is 126 Å². The fourth-order valence-corrected chi connectivity index (χ4v) is 3.15. The molecule has 0 fully saturated rings. The van der Waals surface area contributed by atoms with Gasteiger partial charge in [0, 0.05) is 19.9 Å². The summed E-state index contributed by atoms with van der Waals surface area (Å²) in [6.07, 6.45) is 0.997. The molecule has 0 aliphatic heterocycles. The molecule has 0 bridgehead atoms. The third-order valence-electron chi connectivity index (χ3n) is 2.88. The standard InChI is InChI=1S/C14H16INOS/c1-16-13(14-8-12(17-2)9-18-14)7-10-3-5-11(15)6-4-10/h3-6,8-9,13,16H,7H2,1-2H3. The van der Waals surface area contributed by atoms with Crippen molar-refractivity contribution in [2.24, 2.45) is 0 Å². The molecule has 1 unspecified atom stereocenters. The molecule has 2 aromatic rings. The number of methoxy groups -OCH3 is 1. The molecule has 0 saturated carbocycles. The van der Waals surface area contributed by atoms with Gasteiger partial charge in [0.25, 0.3) is 0 Å². The third kappa shape index (κ3) is 3.46. The molecule has 2 rings (SSSR count). The summed E-state index contributed by atoms with van der Waals surface area (Å²) in [6.45, 7) is 0. The number of hydrogen-bond acceptors (Lipinski definition) is 3. The second-order valence-corrected chi connectivity index (χ2v) is 6.25. The second kappa shape index (κ2) is 6.54. The Morgan fingerprint density at radius 3 is 2.61 bits per heavy atom. The number of nitrogens with one attached hydrogen (secondary N) is 1. The number of benzene rings is 1. The molecule has 1 heterocycles. The Balaban J connectivity index is 2.11. The summed E-state index contributed by atoms with van der Waals surface area (Å²) < 4.78 is 6.51. The van der Waals surface area contributed by atoms with Crippen LogP contribution in [0.15, 0.2) is 35.7 Å². The van der Waals surface area contributed by atoms with E-state index in [-0.39, 0.29) is 0 Å². The summed E-state index contributed by atoms with van der Waals surface area (Å²) in [5, 5.41) is 5.42. The average molecular weight is 373 g/mol. The van der Waals surface area contributed by atoms with E-state index in [9.17, 15) is 0 Å². The van der Waals surface area contributed by atoms with Crippen LogP contribution in [-0.2, 0) is 6.42 Å². The highest BCUT2D eigenvalue weighted by Gasteiger charge is 2.13. The molecule has 1 atom stereocenters. The molecular formula is C14H16INOS. The molecule has 0 saturated heterocycles. The first-order valence-corrected chi connectivity index (χ1v) is 7.73. The number of rotatable bonds is 5. The van der Waals surface area contributed by atoms with E-state index in [4.69, 9.17) is 4.74 Å². The van der Waals surface area contributed by atoms with E-state index in [2.05, 4.69) is 58.2 Å². The van der Waals surface area contributed by atoms with Gasteiger partial charge in [0.15, 0.2) is 0 Å². The van der Waals surface area contributed by atoms with Gasteiger partial charge in [-0.3, -0.25) is 0 Å². The van der Waals surface area contributed by atoms with E-state index < -0.39 is 0 Å². The van der Waals surface area contributed by atoms with Crippen molar-refractivity contribution in [3.8, 4) is 5.75 Å². The van der Waals surface area contributed by atoms with Crippen LogP contribution in [0.25, 0.3) is 0 Å². The summed E-state index contributed by atoms with van der Waals surface area (Å²) in [7, 11) is 3.71. The van der Waals surface area contributed by atoms with Gasteiger partial charge >= 0.3 is 0 Å². The number of thiophene rings is 1. The lowest BCUT2D eigenvalue weighted by Crippen LogP contribution is -2.17. The van der Waals surface area contributed by atoms with E-state index in [0.717, 1.165) is 12.2 Å². The van der Waals surface area contributed by atoms with Crippen molar-refractivity contribution in [2.45, 2.75) is 12.5 Å². The topological polar surface area (TPSA) is 21.3 Å². The van der Waals surface area contributed by atoms with E-state index in [1.54, 1.807) is 18.4 Å². The number of halogens is 1.